The smallest absolute Gasteiger partial charge is 0.123 e. The second-order valence-electron chi connectivity index (χ2n) is 4.62. The Balaban J connectivity index is 1.98. The summed E-state index contributed by atoms with van der Waals surface area (Å²) < 4.78 is 24.3. The first kappa shape index (κ1) is 12.2. The van der Waals surface area contributed by atoms with Crippen LogP contribution in [0.15, 0.2) is 42.5 Å². The van der Waals surface area contributed by atoms with Crippen molar-refractivity contribution in [1.82, 2.24) is 0 Å². The fraction of sp³-hybridized carbons (Fsp3) is 0.250. The zero-order chi connectivity index (χ0) is 13.2. The van der Waals surface area contributed by atoms with E-state index < -0.39 is 0 Å². The molecule has 0 saturated heterocycles. The fourth-order valence-corrected chi connectivity index (χ4v) is 2.48. The first-order valence-corrected chi connectivity index (χ1v) is 6.32. The standard InChI is InChI=1S/C16H15FO2/c1-18-14-5-2-11(3-6-14)16-15-7-4-13(17)10-12(15)8-9-19-16/h2-7,10,16H,8-9H2,1H3. The minimum atomic E-state index is -0.186. The highest BCUT2D eigenvalue weighted by Crippen LogP contribution is 2.33. The van der Waals surface area contributed by atoms with Crippen molar-refractivity contribution in [1.29, 1.82) is 0 Å². The van der Waals surface area contributed by atoms with Gasteiger partial charge in [-0.3, -0.25) is 0 Å². The molecule has 0 fully saturated rings. The Hall–Kier alpha value is -1.87. The summed E-state index contributed by atoms with van der Waals surface area (Å²) in [5.74, 6) is 0.632. The van der Waals surface area contributed by atoms with Crippen LogP contribution in [0, 0.1) is 5.82 Å². The van der Waals surface area contributed by atoms with Crippen LogP contribution in [-0.2, 0) is 11.2 Å². The van der Waals surface area contributed by atoms with E-state index >= 15 is 0 Å². The lowest BCUT2D eigenvalue weighted by molar-refractivity contribution is 0.0696. The lowest BCUT2D eigenvalue weighted by Crippen LogP contribution is -2.17. The van der Waals surface area contributed by atoms with E-state index in [0.717, 1.165) is 28.9 Å². The first-order chi connectivity index (χ1) is 9.28. The number of halogens is 1. The molecule has 0 saturated carbocycles. The van der Waals surface area contributed by atoms with Gasteiger partial charge in [-0.25, -0.2) is 4.39 Å². The monoisotopic (exact) mass is 258 g/mol. The first-order valence-electron chi connectivity index (χ1n) is 6.32. The van der Waals surface area contributed by atoms with Crippen LogP contribution in [0.2, 0.25) is 0 Å². The van der Waals surface area contributed by atoms with Gasteiger partial charge in [0.05, 0.1) is 13.7 Å². The van der Waals surface area contributed by atoms with E-state index in [4.69, 9.17) is 9.47 Å². The van der Waals surface area contributed by atoms with Gasteiger partial charge in [0.1, 0.15) is 17.7 Å². The van der Waals surface area contributed by atoms with Gasteiger partial charge in [-0.05, 0) is 47.4 Å². The number of benzene rings is 2. The maximum absolute atomic E-state index is 13.3. The minimum Gasteiger partial charge on any atom is -0.497 e. The van der Waals surface area contributed by atoms with Gasteiger partial charge in [-0.15, -0.1) is 0 Å². The summed E-state index contributed by atoms with van der Waals surface area (Å²) in [6.45, 7) is 0.618. The molecule has 0 amide bonds. The molecule has 0 aromatic heterocycles. The van der Waals surface area contributed by atoms with Gasteiger partial charge in [0.2, 0.25) is 0 Å². The predicted molar refractivity (Wildman–Crippen MR) is 70.9 cm³/mol. The average Bonchev–Trinajstić information content (AvgIpc) is 2.46. The quantitative estimate of drug-likeness (QED) is 0.820. The van der Waals surface area contributed by atoms with E-state index in [0.29, 0.717) is 6.61 Å². The fourth-order valence-electron chi connectivity index (χ4n) is 2.48. The second-order valence-corrected chi connectivity index (χ2v) is 4.62. The highest BCUT2D eigenvalue weighted by molar-refractivity contribution is 5.39. The maximum atomic E-state index is 13.3. The van der Waals surface area contributed by atoms with Crippen molar-refractivity contribution in [3.63, 3.8) is 0 Å². The van der Waals surface area contributed by atoms with Crippen LogP contribution in [0.25, 0.3) is 0 Å². The second kappa shape index (κ2) is 5.02. The molecule has 1 aliphatic heterocycles. The largest absolute Gasteiger partial charge is 0.497 e. The summed E-state index contributed by atoms with van der Waals surface area (Å²) in [6.07, 6.45) is 0.648. The lowest BCUT2D eigenvalue weighted by atomic mass is 9.93. The number of hydrogen-bond donors (Lipinski definition) is 0. The van der Waals surface area contributed by atoms with E-state index in [1.165, 1.54) is 6.07 Å². The Labute approximate surface area is 111 Å². The predicted octanol–water partition coefficient (Wildman–Crippen LogP) is 3.50. The molecule has 98 valence electrons. The van der Waals surface area contributed by atoms with Gasteiger partial charge in [0.25, 0.3) is 0 Å². The molecule has 3 rings (SSSR count). The average molecular weight is 258 g/mol. The van der Waals surface area contributed by atoms with E-state index in [9.17, 15) is 4.39 Å². The summed E-state index contributed by atoms with van der Waals surface area (Å²) in [6, 6.07) is 12.7. The molecule has 0 bridgehead atoms. The van der Waals surface area contributed by atoms with Crippen LogP contribution in [0.1, 0.15) is 22.8 Å². The Morgan fingerprint density at radius 1 is 1.16 bits per heavy atom. The highest BCUT2D eigenvalue weighted by Gasteiger charge is 2.22. The molecule has 1 unspecified atom stereocenters. The third-order valence-corrected chi connectivity index (χ3v) is 3.46. The SMILES string of the molecule is COc1ccc(C2OCCc3cc(F)ccc32)cc1. The van der Waals surface area contributed by atoms with Gasteiger partial charge in [-0.2, -0.15) is 0 Å². The van der Waals surface area contributed by atoms with Crippen LogP contribution < -0.4 is 4.74 Å². The molecule has 1 aliphatic rings. The molecule has 2 nitrogen and oxygen atoms in total. The number of hydrogen-bond acceptors (Lipinski definition) is 2. The van der Waals surface area contributed by atoms with Crippen LogP contribution in [0.4, 0.5) is 4.39 Å². The molecule has 3 heteroatoms. The molecule has 2 aromatic rings. The Kier molecular flexibility index (Phi) is 3.22. The van der Waals surface area contributed by atoms with Crippen molar-refractivity contribution in [2.75, 3.05) is 13.7 Å². The topological polar surface area (TPSA) is 18.5 Å². The lowest BCUT2D eigenvalue weighted by Gasteiger charge is -2.26. The van der Waals surface area contributed by atoms with E-state index in [1.54, 1.807) is 13.2 Å². The molecule has 1 heterocycles. The Bertz CT molecular complexity index is 578. The highest BCUT2D eigenvalue weighted by atomic mass is 19.1. The number of methoxy groups -OCH3 is 1. The summed E-state index contributed by atoms with van der Waals surface area (Å²) in [5, 5.41) is 0. The van der Waals surface area contributed by atoms with E-state index in [2.05, 4.69) is 0 Å². The van der Waals surface area contributed by atoms with Crippen LogP contribution >= 0.6 is 0 Å². The summed E-state index contributed by atoms with van der Waals surface area (Å²) >= 11 is 0. The maximum Gasteiger partial charge on any atom is 0.123 e. The molecule has 0 spiro atoms. The molecular weight excluding hydrogens is 243 g/mol. The van der Waals surface area contributed by atoms with E-state index in [1.807, 2.05) is 30.3 Å². The van der Waals surface area contributed by atoms with Crippen molar-refractivity contribution in [2.45, 2.75) is 12.5 Å². The number of fused-ring (bicyclic) bond motifs is 1. The Morgan fingerprint density at radius 2 is 1.95 bits per heavy atom. The van der Waals surface area contributed by atoms with Crippen molar-refractivity contribution < 1.29 is 13.9 Å². The minimum absolute atomic E-state index is 0.116. The van der Waals surface area contributed by atoms with Gasteiger partial charge in [0.15, 0.2) is 0 Å². The summed E-state index contributed by atoms with van der Waals surface area (Å²) in [5.41, 5.74) is 3.15. The van der Waals surface area contributed by atoms with Crippen molar-refractivity contribution in [2.24, 2.45) is 0 Å². The summed E-state index contributed by atoms with van der Waals surface area (Å²) in [7, 11) is 1.64. The normalized spacial score (nSPS) is 17.9. The molecular formula is C16H15FO2. The van der Waals surface area contributed by atoms with Gasteiger partial charge in [-0.1, -0.05) is 18.2 Å². The third kappa shape index (κ3) is 2.34. The van der Waals surface area contributed by atoms with Crippen molar-refractivity contribution >= 4 is 0 Å². The summed E-state index contributed by atoms with van der Waals surface area (Å²) in [4.78, 5) is 0. The van der Waals surface area contributed by atoms with Crippen molar-refractivity contribution in [3.05, 3.63) is 65.0 Å². The molecule has 0 radical (unpaired) electrons. The van der Waals surface area contributed by atoms with E-state index in [-0.39, 0.29) is 11.9 Å². The molecule has 2 aromatic carbocycles. The zero-order valence-electron chi connectivity index (χ0n) is 10.7. The van der Waals surface area contributed by atoms with Gasteiger partial charge >= 0.3 is 0 Å². The zero-order valence-corrected chi connectivity index (χ0v) is 10.7. The Morgan fingerprint density at radius 3 is 2.68 bits per heavy atom. The molecule has 0 aliphatic carbocycles. The van der Waals surface area contributed by atoms with Crippen LogP contribution in [0.5, 0.6) is 5.75 Å². The van der Waals surface area contributed by atoms with Crippen molar-refractivity contribution in [3.8, 4) is 5.75 Å². The molecule has 19 heavy (non-hydrogen) atoms. The van der Waals surface area contributed by atoms with Crippen LogP contribution in [0.3, 0.4) is 0 Å². The van der Waals surface area contributed by atoms with Crippen LogP contribution in [-0.4, -0.2) is 13.7 Å². The third-order valence-electron chi connectivity index (χ3n) is 3.46. The van der Waals surface area contributed by atoms with Gasteiger partial charge in [0, 0.05) is 0 Å². The number of ether oxygens (including phenoxy) is 2. The van der Waals surface area contributed by atoms with Gasteiger partial charge < -0.3 is 9.47 Å². The molecule has 1 atom stereocenters. The molecule has 0 N–H and O–H groups in total. The number of rotatable bonds is 2.